The third-order valence-electron chi connectivity index (χ3n) is 6.63. The minimum Gasteiger partial charge on any atom is -0.497 e. The number of hydrogen-bond acceptors (Lipinski definition) is 6. The summed E-state index contributed by atoms with van der Waals surface area (Å²) >= 11 is 0. The van der Waals surface area contributed by atoms with Crippen molar-refractivity contribution in [2.75, 3.05) is 14.2 Å². The number of ether oxygens (including phenoxy) is 5. The van der Waals surface area contributed by atoms with Gasteiger partial charge in [0.1, 0.15) is 42.0 Å². The molecule has 0 aliphatic carbocycles. The van der Waals surface area contributed by atoms with Crippen LogP contribution in [0.5, 0.6) is 28.7 Å². The standard InChI is InChI=1S/C34H36O7/c1-34(2,33(35)36)41-31-7-5-6-24(20-31)8-13-27-14-19-30(39-22-25-9-15-28(37-3)16-10-25)21-32(27)40-23-26-11-17-29(38-4)18-12-26/h5-7,9-12,14-21H,8,13,22-23H2,1-4H3,(H,35,36). The van der Waals surface area contributed by atoms with Crippen molar-refractivity contribution < 1.29 is 33.6 Å². The van der Waals surface area contributed by atoms with Gasteiger partial charge in [0.15, 0.2) is 5.60 Å². The highest BCUT2D eigenvalue weighted by Gasteiger charge is 2.29. The van der Waals surface area contributed by atoms with Crippen LogP contribution in [0.25, 0.3) is 0 Å². The maximum atomic E-state index is 11.5. The van der Waals surface area contributed by atoms with Crippen LogP contribution in [-0.2, 0) is 30.8 Å². The van der Waals surface area contributed by atoms with Crippen LogP contribution in [-0.4, -0.2) is 30.9 Å². The van der Waals surface area contributed by atoms with Gasteiger partial charge >= 0.3 is 5.97 Å². The Morgan fingerprint density at radius 3 is 1.83 bits per heavy atom. The molecule has 0 saturated heterocycles. The molecule has 4 aromatic rings. The summed E-state index contributed by atoms with van der Waals surface area (Å²) in [5.41, 5.74) is 2.80. The SMILES string of the molecule is COc1ccc(COc2ccc(CCc3cccc(OC(C)(C)C(=O)O)c3)c(OCc3ccc(OC)cc3)c2)cc1. The highest BCUT2D eigenvalue weighted by atomic mass is 16.5. The Bertz CT molecular complexity index is 1430. The van der Waals surface area contributed by atoms with Crippen molar-refractivity contribution in [2.24, 2.45) is 0 Å². The first-order valence-electron chi connectivity index (χ1n) is 13.4. The fraction of sp³-hybridized carbons (Fsp3) is 0.265. The molecule has 0 heterocycles. The van der Waals surface area contributed by atoms with Gasteiger partial charge in [0.25, 0.3) is 0 Å². The monoisotopic (exact) mass is 556 g/mol. The van der Waals surface area contributed by atoms with E-state index in [1.54, 1.807) is 20.3 Å². The number of hydrogen-bond donors (Lipinski definition) is 1. The lowest BCUT2D eigenvalue weighted by atomic mass is 10.0. The molecule has 4 rings (SSSR count). The zero-order chi connectivity index (χ0) is 29.2. The zero-order valence-electron chi connectivity index (χ0n) is 23.9. The van der Waals surface area contributed by atoms with Crippen LogP contribution >= 0.6 is 0 Å². The van der Waals surface area contributed by atoms with Crippen molar-refractivity contribution in [2.45, 2.75) is 45.5 Å². The summed E-state index contributed by atoms with van der Waals surface area (Å²) in [4.78, 5) is 11.5. The number of aryl methyl sites for hydroxylation is 2. The molecule has 0 unspecified atom stereocenters. The summed E-state index contributed by atoms with van der Waals surface area (Å²) in [6.07, 6.45) is 1.43. The maximum Gasteiger partial charge on any atom is 0.347 e. The molecule has 0 aromatic heterocycles. The summed E-state index contributed by atoms with van der Waals surface area (Å²) in [5, 5.41) is 9.40. The average Bonchev–Trinajstić information content (AvgIpc) is 2.98. The van der Waals surface area contributed by atoms with E-state index in [9.17, 15) is 9.90 Å². The van der Waals surface area contributed by atoms with Crippen molar-refractivity contribution in [3.05, 3.63) is 113 Å². The first kappa shape index (κ1) is 29.3. The predicted molar refractivity (Wildman–Crippen MR) is 157 cm³/mol. The molecular weight excluding hydrogens is 520 g/mol. The van der Waals surface area contributed by atoms with Gasteiger partial charge in [-0.15, -0.1) is 0 Å². The second kappa shape index (κ2) is 13.6. The van der Waals surface area contributed by atoms with E-state index < -0.39 is 11.6 Å². The minimum atomic E-state index is -1.32. The van der Waals surface area contributed by atoms with Gasteiger partial charge in [-0.05, 0) is 91.4 Å². The molecule has 0 aliphatic heterocycles. The number of aliphatic carboxylic acids is 1. The van der Waals surface area contributed by atoms with Crippen LogP contribution in [0.2, 0.25) is 0 Å². The average molecular weight is 557 g/mol. The van der Waals surface area contributed by atoms with E-state index in [2.05, 4.69) is 0 Å². The van der Waals surface area contributed by atoms with Gasteiger partial charge in [-0.2, -0.15) is 0 Å². The van der Waals surface area contributed by atoms with Crippen molar-refractivity contribution in [1.29, 1.82) is 0 Å². The number of benzene rings is 4. The van der Waals surface area contributed by atoms with Crippen LogP contribution in [0, 0.1) is 0 Å². The predicted octanol–water partition coefficient (Wildman–Crippen LogP) is 6.89. The Morgan fingerprint density at radius 2 is 1.24 bits per heavy atom. The molecule has 214 valence electrons. The zero-order valence-corrected chi connectivity index (χ0v) is 23.9. The molecule has 7 nitrogen and oxygen atoms in total. The first-order valence-corrected chi connectivity index (χ1v) is 13.4. The molecule has 1 N–H and O–H groups in total. The Morgan fingerprint density at radius 1 is 0.659 bits per heavy atom. The second-order valence-electron chi connectivity index (χ2n) is 10.1. The molecule has 0 fully saturated rings. The van der Waals surface area contributed by atoms with Gasteiger partial charge in [-0.3, -0.25) is 0 Å². The van der Waals surface area contributed by atoms with E-state index in [-0.39, 0.29) is 0 Å². The Hall–Kier alpha value is -4.65. The number of carboxylic acids is 1. The summed E-state index contributed by atoms with van der Waals surface area (Å²) in [6.45, 7) is 3.88. The van der Waals surface area contributed by atoms with Crippen molar-refractivity contribution in [3.63, 3.8) is 0 Å². The molecular formula is C34H36O7. The Labute approximate surface area is 241 Å². The van der Waals surface area contributed by atoms with E-state index in [0.717, 1.165) is 45.9 Å². The third kappa shape index (κ3) is 8.42. The summed E-state index contributed by atoms with van der Waals surface area (Å²) in [5.74, 6) is 2.55. The van der Waals surface area contributed by atoms with E-state index >= 15 is 0 Å². The molecule has 0 amide bonds. The van der Waals surface area contributed by atoms with Crippen molar-refractivity contribution in [1.82, 2.24) is 0 Å². The molecule has 7 heteroatoms. The quantitative estimate of drug-likeness (QED) is 0.181. The van der Waals surface area contributed by atoms with Crippen molar-refractivity contribution >= 4 is 5.97 Å². The summed E-state index contributed by atoms with van der Waals surface area (Å²) < 4.78 is 28.6. The molecule has 0 bridgehead atoms. The van der Waals surface area contributed by atoms with Crippen LogP contribution in [0.1, 0.15) is 36.1 Å². The molecule has 0 radical (unpaired) electrons. The first-order chi connectivity index (χ1) is 19.8. The maximum absolute atomic E-state index is 11.5. The van der Waals surface area contributed by atoms with Gasteiger partial charge in [0.05, 0.1) is 14.2 Å². The topological polar surface area (TPSA) is 83.5 Å². The van der Waals surface area contributed by atoms with Crippen LogP contribution in [0.4, 0.5) is 0 Å². The molecule has 0 spiro atoms. The summed E-state index contributed by atoms with van der Waals surface area (Å²) in [7, 11) is 3.29. The lowest BCUT2D eigenvalue weighted by Gasteiger charge is -2.21. The molecule has 0 aliphatic rings. The van der Waals surface area contributed by atoms with Gasteiger partial charge in [0.2, 0.25) is 0 Å². The largest absolute Gasteiger partial charge is 0.497 e. The molecule has 0 atom stereocenters. The van der Waals surface area contributed by atoms with E-state index in [1.807, 2.05) is 84.9 Å². The Kier molecular flexibility index (Phi) is 9.74. The number of carboxylic acid groups (broad SMARTS) is 1. The lowest BCUT2D eigenvalue weighted by Crippen LogP contribution is -2.37. The Balaban J connectivity index is 1.48. The van der Waals surface area contributed by atoms with Gasteiger partial charge in [-0.25, -0.2) is 4.79 Å². The highest BCUT2D eigenvalue weighted by Crippen LogP contribution is 2.29. The molecule has 41 heavy (non-hydrogen) atoms. The minimum absolute atomic E-state index is 0.395. The molecule has 4 aromatic carbocycles. The van der Waals surface area contributed by atoms with E-state index in [0.29, 0.717) is 31.1 Å². The number of rotatable bonds is 14. The second-order valence-corrected chi connectivity index (χ2v) is 10.1. The van der Waals surface area contributed by atoms with E-state index in [4.69, 9.17) is 23.7 Å². The van der Waals surface area contributed by atoms with E-state index in [1.165, 1.54) is 13.8 Å². The van der Waals surface area contributed by atoms with Crippen LogP contribution in [0.3, 0.4) is 0 Å². The van der Waals surface area contributed by atoms with Gasteiger partial charge in [-0.1, -0.05) is 42.5 Å². The fourth-order valence-corrected chi connectivity index (χ4v) is 4.12. The van der Waals surface area contributed by atoms with Crippen molar-refractivity contribution in [3.8, 4) is 28.7 Å². The smallest absolute Gasteiger partial charge is 0.347 e. The van der Waals surface area contributed by atoms with Gasteiger partial charge in [0, 0.05) is 6.07 Å². The number of carbonyl (C=O) groups is 1. The van der Waals surface area contributed by atoms with Crippen LogP contribution in [0.15, 0.2) is 91.0 Å². The lowest BCUT2D eigenvalue weighted by molar-refractivity contribution is -0.152. The van der Waals surface area contributed by atoms with Gasteiger partial charge < -0.3 is 28.8 Å². The van der Waals surface area contributed by atoms with Crippen LogP contribution < -0.4 is 23.7 Å². The fourth-order valence-electron chi connectivity index (χ4n) is 4.12. The highest BCUT2D eigenvalue weighted by molar-refractivity contribution is 5.76. The molecule has 0 saturated carbocycles. The normalized spacial score (nSPS) is 11.0. The number of methoxy groups -OCH3 is 2. The third-order valence-corrected chi connectivity index (χ3v) is 6.63. The summed E-state index contributed by atoms with van der Waals surface area (Å²) in [6, 6.07) is 29.0.